The second kappa shape index (κ2) is 4.45. The molecule has 0 unspecified atom stereocenters. The van der Waals surface area contributed by atoms with Gasteiger partial charge >= 0.3 is 0 Å². The van der Waals surface area contributed by atoms with Crippen LogP contribution in [0.5, 0.6) is 0 Å². The maximum Gasteiger partial charge on any atom is 0.157 e. The lowest BCUT2D eigenvalue weighted by atomic mass is 10.1. The quantitative estimate of drug-likeness (QED) is 0.863. The van der Waals surface area contributed by atoms with Gasteiger partial charge in [-0.15, -0.1) is 10.2 Å². The van der Waals surface area contributed by atoms with Crippen LogP contribution in [0, 0.1) is 0 Å². The standard InChI is InChI=1S/C10H17N5S/c1-4-15-7-12-14-8(15)5-11-9-13-10(2,3)6-16-9/h7H,4-6H2,1-3H3,(H,11,13). The van der Waals surface area contributed by atoms with Gasteiger partial charge < -0.3 is 9.88 Å². The number of hydrogen-bond acceptors (Lipinski definition) is 4. The van der Waals surface area contributed by atoms with E-state index in [4.69, 9.17) is 0 Å². The molecule has 1 aliphatic heterocycles. The van der Waals surface area contributed by atoms with Crippen LogP contribution < -0.4 is 5.32 Å². The Morgan fingerprint density at radius 1 is 1.62 bits per heavy atom. The summed E-state index contributed by atoms with van der Waals surface area (Å²) in [5, 5.41) is 12.3. The van der Waals surface area contributed by atoms with E-state index in [0.29, 0.717) is 6.54 Å². The fraction of sp³-hybridized carbons (Fsp3) is 0.700. The summed E-state index contributed by atoms with van der Waals surface area (Å²) in [6.45, 7) is 7.91. The van der Waals surface area contributed by atoms with Crippen LogP contribution in [0.25, 0.3) is 0 Å². The topological polar surface area (TPSA) is 55.1 Å². The smallest absolute Gasteiger partial charge is 0.157 e. The van der Waals surface area contributed by atoms with Crippen molar-refractivity contribution in [2.45, 2.75) is 39.4 Å². The molecule has 1 aromatic rings. The van der Waals surface area contributed by atoms with Crippen molar-refractivity contribution in [2.75, 3.05) is 5.75 Å². The third kappa shape index (κ3) is 2.55. The first-order chi connectivity index (χ1) is 7.61. The molecule has 1 N–H and O–H groups in total. The van der Waals surface area contributed by atoms with Crippen LogP contribution in [0.3, 0.4) is 0 Å². The summed E-state index contributed by atoms with van der Waals surface area (Å²) in [7, 11) is 0. The minimum Gasteiger partial charge on any atom is -0.359 e. The van der Waals surface area contributed by atoms with Gasteiger partial charge in [-0.1, -0.05) is 11.8 Å². The molecular weight excluding hydrogens is 222 g/mol. The van der Waals surface area contributed by atoms with Crippen LogP contribution >= 0.6 is 11.8 Å². The Bertz CT molecular complexity index is 396. The number of aryl methyl sites for hydroxylation is 1. The second-order valence-corrected chi connectivity index (χ2v) is 5.42. The largest absolute Gasteiger partial charge is 0.359 e. The van der Waals surface area contributed by atoms with E-state index in [9.17, 15) is 0 Å². The average molecular weight is 239 g/mol. The van der Waals surface area contributed by atoms with Crippen molar-refractivity contribution in [1.29, 1.82) is 0 Å². The molecular formula is C10H17N5S. The van der Waals surface area contributed by atoms with Crippen molar-refractivity contribution in [3.8, 4) is 0 Å². The van der Waals surface area contributed by atoms with E-state index in [-0.39, 0.29) is 5.54 Å². The average Bonchev–Trinajstić information content (AvgIpc) is 2.81. The lowest BCUT2D eigenvalue weighted by molar-refractivity contribution is 0.536. The van der Waals surface area contributed by atoms with Crippen molar-refractivity contribution in [3.63, 3.8) is 0 Å². The SMILES string of the molecule is CCn1cnnc1CN=C1NC(C)(C)CS1. The molecule has 0 bridgehead atoms. The molecule has 1 aromatic heterocycles. The van der Waals surface area contributed by atoms with Gasteiger partial charge in [0, 0.05) is 17.8 Å². The predicted octanol–water partition coefficient (Wildman–Crippen LogP) is 1.27. The van der Waals surface area contributed by atoms with Gasteiger partial charge in [0.25, 0.3) is 0 Å². The Morgan fingerprint density at radius 3 is 3.06 bits per heavy atom. The first-order valence-corrected chi connectivity index (χ1v) is 6.41. The maximum atomic E-state index is 4.52. The van der Waals surface area contributed by atoms with Crippen LogP contribution in [0.15, 0.2) is 11.3 Å². The molecule has 16 heavy (non-hydrogen) atoms. The zero-order chi connectivity index (χ0) is 11.6. The van der Waals surface area contributed by atoms with Crippen LogP contribution in [0.4, 0.5) is 0 Å². The van der Waals surface area contributed by atoms with Gasteiger partial charge in [-0.05, 0) is 20.8 Å². The van der Waals surface area contributed by atoms with E-state index in [2.05, 4.69) is 41.3 Å². The molecule has 88 valence electrons. The van der Waals surface area contributed by atoms with E-state index < -0.39 is 0 Å². The fourth-order valence-corrected chi connectivity index (χ4v) is 2.58. The third-order valence-electron chi connectivity index (χ3n) is 2.42. The first-order valence-electron chi connectivity index (χ1n) is 5.43. The fourth-order valence-electron chi connectivity index (χ4n) is 1.50. The van der Waals surface area contributed by atoms with E-state index in [1.165, 1.54) is 0 Å². The molecule has 5 nitrogen and oxygen atoms in total. The predicted molar refractivity (Wildman–Crippen MR) is 66.5 cm³/mol. The number of nitrogens with one attached hydrogen (secondary N) is 1. The molecule has 0 radical (unpaired) electrons. The lowest BCUT2D eigenvalue weighted by Gasteiger charge is -2.15. The Morgan fingerprint density at radius 2 is 2.44 bits per heavy atom. The van der Waals surface area contributed by atoms with Gasteiger partial charge in [0.05, 0.1) is 0 Å². The number of thioether (sulfide) groups is 1. The Labute approximate surface area is 99.7 Å². The molecule has 0 amide bonds. The molecule has 6 heteroatoms. The monoisotopic (exact) mass is 239 g/mol. The van der Waals surface area contributed by atoms with Crippen molar-refractivity contribution in [2.24, 2.45) is 4.99 Å². The van der Waals surface area contributed by atoms with E-state index >= 15 is 0 Å². The van der Waals surface area contributed by atoms with Gasteiger partial charge in [0.15, 0.2) is 11.0 Å². The number of aliphatic imine (C=N–C) groups is 1. The zero-order valence-corrected chi connectivity index (χ0v) is 10.7. The Kier molecular flexibility index (Phi) is 3.18. The highest BCUT2D eigenvalue weighted by Gasteiger charge is 2.27. The minimum absolute atomic E-state index is 0.155. The zero-order valence-electron chi connectivity index (χ0n) is 9.90. The molecule has 2 rings (SSSR count). The summed E-state index contributed by atoms with van der Waals surface area (Å²) < 4.78 is 2.01. The highest BCUT2D eigenvalue weighted by Crippen LogP contribution is 2.22. The number of hydrogen-bond donors (Lipinski definition) is 1. The first kappa shape index (κ1) is 11.4. The van der Waals surface area contributed by atoms with Crippen molar-refractivity contribution >= 4 is 16.9 Å². The number of amidine groups is 1. The van der Waals surface area contributed by atoms with Crippen molar-refractivity contribution < 1.29 is 0 Å². The lowest BCUT2D eigenvalue weighted by Crippen LogP contribution is -2.36. The van der Waals surface area contributed by atoms with Gasteiger partial charge in [-0.2, -0.15) is 0 Å². The summed E-state index contributed by atoms with van der Waals surface area (Å²) >= 11 is 1.77. The molecule has 0 spiro atoms. The minimum atomic E-state index is 0.155. The highest BCUT2D eigenvalue weighted by molar-refractivity contribution is 8.14. The van der Waals surface area contributed by atoms with Crippen molar-refractivity contribution in [3.05, 3.63) is 12.2 Å². The summed E-state index contributed by atoms with van der Waals surface area (Å²) in [4.78, 5) is 4.52. The normalized spacial score (nSPS) is 21.3. The van der Waals surface area contributed by atoms with Crippen LogP contribution in [-0.2, 0) is 13.1 Å². The van der Waals surface area contributed by atoms with Crippen LogP contribution in [0.2, 0.25) is 0 Å². The summed E-state index contributed by atoms with van der Waals surface area (Å²) in [6, 6.07) is 0. The summed E-state index contributed by atoms with van der Waals surface area (Å²) in [6.07, 6.45) is 1.74. The number of rotatable bonds is 3. The maximum absolute atomic E-state index is 4.52. The van der Waals surface area contributed by atoms with Crippen LogP contribution in [-0.4, -0.2) is 31.2 Å². The van der Waals surface area contributed by atoms with Gasteiger partial charge in [-0.3, -0.25) is 4.99 Å². The number of aromatic nitrogens is 3. The molecule has 0 aromatic carbocycles. The Hall–Kier alpha value is -1.04. The van der Waals surface area contributed by atoms with Gasteiger partial charge in [0.2, 0.25) is 0 Å². The summed E-state index contributed by atoms with van der Waals surface area (Å²) in [5.41, 5.74) is 0.155. The molecule has 1 aliphatic rings. The third-order valence-corrected chi connectivity index (χ3v) is 3.79. The second-order valence-electron chi connectivity index (χ2n) is 4.45. The molecule has 1 saturated heterocycles. The van der Waals surface area contributed by atoms with E-state index in [0.717, 1.165) is 23.3 Å². The van der Waals surface area contributed by atoms with Gasteiger partial charge in [0.1, 0.15) is 12.9 Å². The number of nitrogens with zero attached hydrogens (tertiary/aromatic N) is 4. The van der Waals surface area contributed by atoms with Crippen LogP contribution in [0.1, 0.15) is 26.6 Å². The molecule has 1 fully saturated rings. The molecule has 0 saturated carbocycles. The van der Waals surface area contributed by atoms with Crippen molar-refractivity contribution in [1.82, 2.24) is 20.1 Å². The molecule has 0 aliphatic carbocycles. The Balaban J connectivity index is 2.00. The highest BCUT2D eigenvalue weighted by atomic mass is 32.2. The summed E-state index contributed by atoms with van der Waals surface area (Å²) in [5.74, 6) is 1.98. The molecule has 0 atom stereocenters. The van der Waals surface area contributed by atoms with E-state index in [1.54, 1.807) is 18.1 Å². The van der Waals surface area contributed by atoms with E-state index in [1.807, 2.05) is 4.57 Å². The molecule has 2 heterocycles. The van der Waals surface area contributed by atoms with Gasteiger partial charge in [-0.25, -0.2) is 0 Å².